The van der Waals surface area contributed by atoms with Crippen LogP contribution in [0.5, 0.6) is 0 Å². The van der Waals surface area contributed by atoms with Gasteiger partial charge in [0.05, 0.1) is 0 Å². The molecule has 130 valence electrons. The first-order valence-electron chi connectivity index (χ1n) is 8.63. The van der Waals surface area contributed by atoms with Crippen LogP contribution in [-0.4, -0.2) is 29.9 Å². The molecular formula is C20H23N3O2. The molecule has 5 heteroatoms. The zero-order chi connectivity index (χ0) is 17.8. The van der Waals surface area contributed by atoms with Crippen molar-refractivity contribution in [2.24, 2.45) is 5.92 Å². The van der Waals surface area contributed by atoms with E-state index in [0.29, 0.717) is 25.9 Å². The van der Waals surface area contributed by atoms with E-state index in [9.17, 15) is 9.59 Å². The van der Waals surface area contributed by atoms with Gasteiger partial charge < -0.3 is 10.2 Å². The fraction of sp³-hybridized carbons (Fsp3) is 0.350. The van der Waals surface area contributed by atoms with E-state index < -0.39 is 5.92 Å². The Labute approximate surface area is 148 Å². The minimum atomic E-state index is -0.594. The van der Waals surface area contributed by atoms with Crippen LogP contribution in [0.25, 0.3) is 0 Å². The van der Waals surface area contributed by atoms with E-state index in [4.69, 9.17) is 0 Å². The fourth-order valence-corrected chi connectivity index (χ4v) is 3.17. The number of hydrogen-bond donors (Lipinski definition) is 1. The Balaban J connectivity index is 1.59. The highest BCUT2D eigenvalue weighted by atomic mass is 16.2. The zero-order valence-electron chi connectivity index (χ0n) is 14.7. The van der Waals surface area contributed by atoms with Crippen LogP contribution in [0.15, 0.2) is 42.6 Å². The number of carbonyl (C=O) groups excluding carboxylic acids is 2. The van der Waals surface area contributed by atoms with E-state index in [1.54, 1.807) is 11.1 Å². The largest absolute Gasteiger partial charge is 0.355 e. The SMILES string of the molecule is Cc1cccc(N2CCC(C(=O)NCCc3ccccn3)C2=O)c1C. The van der Waals surface area contributed by atoms with Crippen molar-refractivity contribution < 1.29 is 9.59 Å². The third-order valence-electron chi connectivity index (χ3n) is 4.80. The Morgan fingerprint density at radius 2 is 2.08 bits per heavy atom. The van der Waals surface area contributed by atoms with Crippen molar-refractivity contribution in [2.75, 3.05) is 18.0 Å². The number of nitrogens with zero attached hydrogens (tertiary/aromatic N) is 2. The molecular weight excluding hydrogens is 314 g/mol. The lowest BCUT2D eigenvalue weighted by Gasteiger charge is -2.20. The number of aryl methyl sites for hydroxylation is 1. The van der Waals surface area contributed by atoms with Crippen molar-refractivity contribution in [1.82, 2.24) is 10.3 Å². The van der Waals surface area contributed by atoms with Crippen molar-refractivity contribution in [2.45, 2.75) is 26.7 Å². The van der Waals surface area contributed by atoms with Crippen molar-refractivity contribution in [1.29, 1.82) is 0 Å². The van der Waals surface area contributed by atoms with Gasteiger partial charge in [-0.3, -0.25) is 14.6 Å². The zero-order valence-corrected chi connectivity index (χ0v) is 14.7. The van der Waals surface area contributed by atoms with Gasteiger partial charge in [-0.2, -0.15) is 0 Å². The highest BCUT2D eigenvalue weighted by molar-refractivity contribution is 6.09. The normalized spacial score (nSPS) is 17.0. The van der Waals surface area contributed by atoms with Gasteiger partial charge >= 0.3 is 0 Å². The number of amides is 2. The lowest BCUT2D eigenvalue weighted by Crippen LogP contribution is -2.37. The Hall–Kier alpha value is -2.69. The van der Waals surface area contributed by atoms with Crippen LogP contribution in [-0.2, 0) is 16.0 Å². The Morgan fingerprint density at radius 1 is 1.24 bits per heavy atom. The van der Waals surface area contributed by atoms with Crippen LogP contribution in [0.4, 0.5) is 5.69 Å². The fourth-order valence-electron chi connectivity index (χ4n) is 3.17. The van der Waals surface area contributed by atoms with E-state index in [1.807, 2.05) is 50.2 Å². The molecule has 1 aromatic carbocycles. The van der Waals surface area contributed by atoms with Gasteiger partial charge in [-0.15, -0.1) is 0 Å². The lowest BCUT2D eigenvalue weighted by atomic mass is 10.1. The second-order valence-corrected chi connectivity index (χ2v) is 6.41. The van der Waals surface area contributed by atoms with Gasteiger partial charge in [0.1, 0.15) is 5.92 Å². The van der Waals surface area contributed by atoms with Crippen LogP contribution in [0, 0.1) is 19.8 Å². The minimum absolute atomic E-state index is 0.107. The second kappa shape index (κ2) is 7.47. The number of hydrogen-bond acceptors (Lipinski definition) is 3. The highest BCUT2D eigenvalue weighted by Crippen LogP contribution is 2.29. The molecule has 1 N–H and O–H groups in total. The number of nitrogens with one attached hydrogen (secondary N) is 1. The lowest BCUT2D eigenvalue weighted by molar-refractivity contribution is -0.132. The summed E-state index contributed by atoms with van der Waals surface area (Å²) in [7, 11) is 0. The first-order valence-corrected chi connectivity index (χ1v) is 8.63. The first-order chi connectivity index (χ1) is 12.1. The molecule has 1 fully saturated rings. The molecule has 0 radical (unpaired) electrons. The summed E-state index contributed by atoms with van der Waals surface area (Å²) in [5, 5.41) is 2.88. The average Bonchev–Trinajstić information content (AvgIpc) is 3.00. The molecule has 2 aromatic rings. The van der Waals surface area contributed by atoms with E-state index in [1.165, 1.54) is 0 Å². The van der Waals surface area contributed by atoms with Gasteiger partial charge in [0.15, 0.2) is 0 Å². The van der Waals surface area contributed by atoms with Gasteiger partial charge in [-0.05, 0) is 49.6 Å². The van der Waals surface area contributed by atoms with Gasteiger partial charge in [0.25, 0.3) is 0 Å². The molecule has 1 aliphatic rings. The number of rotatable bonds is 5. The maximum absolute atomic E-state index is 12.7. The smallest absolute Gasteiger partial charge is 0.239 e. The number of benzene rings is 1. The van der Waals surface area contributed by atoms with E-state index >= 15 is 0 Å². The van der Waals surface area contributed by atoms with Gasteiger partial charge in [-0.1, -0.05) is 18.2 Å². The van der Waals surface area contributed by atoms with E-state index in [-0.39, 0.29) is 11.8 Å². The van der Waals surface area contributed by atoms with Crippen LogP contribution in [0.1, 0.15) is 23.2 Å². The quantitative estimate of drug-likeness (QED) is 0.852. The number of anilines is 1. The van der Waals surface area contributed by atoms with Crippen LogP contribution in [0.2, 0.25) is 0 Å². The Kier molecular flexibility index (Phi) is 5.12. The third kappa shape index (κ3) is 3.71. The van der Waals surface area contributed by atoms with Crippen LogP contribution < -0.4 is 10.2 Å². The molecule has 3 rings (SSSR count). The summed E-state index contributed by atoms with van der Waals surface area (Å²) in [6, 6.07) is 11.6. The molecule has 2 amide bonds. The molecule has 5 nitrogen and oxygen atoms in total. The maximum Gasteiger partial charge on any atom is 0.239 e. The number of pyridine rings is 1. The van der Waals surface area contributed by atoms with Crippen LogP contribution in [0.3, 0.4) is 0 Å². The van der Waals surface area contributed by atoms with E-state index in [0.717, 1.165) is 22.5 Å². The molecule has 25 heavy (non-hydrogen) atoms. The Morgan fingerprint density at radius 3 is 2.84 bits per heavy atom. The van der Waals surface area contributed by atoms with E-state index in [2.05, 4.69) is 10.3 Å². The standard InChI is InChI=1S/C20H23N3O2/c1-14-6-5-8-18(15(14)2)23-13-10-17(20(23)25)19(24)22-12-9-16-7-3-4-11-21-16/h3-8,11,17H,9-10,12-13H2,1-2H3,(H,22,24). The monoisotopic (exact) mass is 337 g/mol. The molecule has 0 saturated carbocycles. The molecule has 1 aromatic heterocycles. The topological polar surface area (TPSA) is 62.3 Å². The predicted octanol–water partition coefficient (Wildman–Crippen LogP) is 2.41. The summed E-state index contributed by atoms with van der Waals surface area (Å²) in [6.45, 7) is 5.12. The molecule has 1 unspecified atom stereocenters. The predicted molar refractivity (Wildman–Crippen MR) is 97.3 cm³/mol. The van der Waals surface area contributed by atoms with Crippen molar-refractivity contribution >= 4 is 17.5 Å². The summed E-state index contributed by atoms with van der Waals surface area (Å²) >= 11 is 0. The van der Waals surface area contributed by atoms with Crippen molar-refractivity contribution in [3.8, 4) is 0 Å². The summed E-state index contributed by atoms with van der Waals surface area (Å²) in [5.74, 6) is -0.888. The summed E-state index contributed by atoms with van der Waals surface area (Å²) < 4.78 is 0. The van der Waals surface area contributed by atoms with Gasteiger partial charge in [0, 0.05) is 37.1 Å². The maximum atomic E-state index is 12.7. The number of aromatic nitrogens is 1. The summed E-state index contributed by atoms with van der Waals surface area (Å²) in [6.07, 6.45) is 2.95. The molecule has 0 bridgehead atoms. The highest BCUT2D eigenvalue weighted by Gasteiger charge is 2.37. The molecule has 0 spiro atoms. The second-order valence-electron chi connectivity index (χ2n) is 6.41. The first kappa shape index (κ1) is 17.1. The molecule has 1 aliphatic heterocycles. The molecule has 1 atom stereocenters. The Bertz CT molecular complexity index is 774. The average molecular weight is 337 g/mol. The summed E-state index contributed by atoms with van der Waals surface area (Å²) in [5.41, 5.74) is 4.08. The molecule has 2 heterocycles. The molecule has 1 saturated heterocycles. The van der Waals surface area contributed by atoms with Gasteiger partial charge in [0.2, 0.25) is 11.8 Å². The van der Waals surface area contributed by atoms with Crippen LogP contribution >= 0.6 is 0 Å². The summed E-state index contributed by atoms with van der Waals surface area (Å²) in [4.78, 5) is 31.1. The molecule has 0 aliphatic carbocycles. The minimum Gasteiger partial charge on any atom is -0.355 e. The van der Waals surface area contributed by atoms with Gasteiger partial charge in [-0.25, -0.2) is 0 Å². The third-order valence-corrected chi connectivity index (χ3v) is 4.80. The van der Waals surface area contributed by atoms with Crippen molar-refractivity contribution in [3.05, 3.63) is 59.4 Å². The van der Waals surface area contributed by atoms with Crippen molar-refractivity contribution in [3.63, 3.8) is 0 Å². The number of carbonyl (C=O) groups is 2.